The highest BCUT2D eigenvalue weighted by atomic mass is 79.9. The van der Waals surface area contributed by atoms with Gasteiger partial charge >= 0.3 is 6.03 Å². The molecule has 3 N–H and O–H groups in total. The number of carbonyl (C=O) groups is 1. The Morgan fingerprint density at radius 1 is 0.864 bits per heavy atom. The fourth-order valence-corrected chi connectivity index (χ4v) is 2.48. The minimum absolute atomic E-state index is 0.189. The van der Waals surface area contributed by atoms with Gasteiger partial charge in [0.2, 0.25) is 0 Å². The number of phenolic OH excluding ortho intramolecular Hbond substituents is 1. The first-order valence-electron chi connectivity index (χ1n) is 6.68. The van der Waals surface area contributed by atoms with Gasteiger partial charge in [0.1, 0.15) is 5.75 Å². The zero-order valence-electron chi connectivity index (χ0n) is 11.5. The third-order valence-corrected chi connectivity index (χ3v) is 3.78. The van der Waals surface area contributed by atoms with Gasteiger partial charge in [-0.25, -0.2) is 4.79 Å². The number of hydrogen-bond donors (Lipinski definition) is 3. The van der Waals surface area contributed by atoms with E-state index in [-0.39, 0.29) is 11.8 Å². The maximum atomic E-state index is 12.1. The predicted octanol–water partition coefficient (Wildman–Crippen LogP) is 4.95. The maximum absolute atomic E-state index is 12.1. The summed E-state index contributed by atoms with van der Waals surface area (Å²) in [6, 6.07) is 17.6. The molecule has 0 spiro atoms. The zero-order chi connectivity index (χ0) is 15.5. The van der Waals surface area contributed by atoms with Gasteiger partial charge in [-0.05, 0) is 36.4 Å². The minimum atomic E-state index is -0.335. The van der Waals surface area contributed by atoms with E-state index in [9.17, 15) is 9.90 Å². The summed E-state index contributed by atoms with van der Waals surface area (Å²) in [6.45, 7) is 0. The monoisotopic (exact) mass is 356 g/mol. The second-order valence-electron chi connectivity index (χ2n) is 4.76. The number of nitrogens with one attached hydrogen (secondary N) is 2. The summed E-state index contributed by atoms with van der Waals surface area (Å²) in [5, 5.41) is 16.9. The van der Waals surface area contributed by atoms with Crippen molar-refractivity contribution in [3.63, 3.8) is 0 Å². The molecule has 4 nitrogen and oxygen atoms in total. The third kappa shape index (κ3) is 3.04. The molecule has 0 aromatic heterocycles. The highest BCUT2D eigenvalue weighted by Crippen LogP contribution is 2.29. The van der Waals surface area contributed by atoms with Crippen molar-refractivity contribution >= 4 is 44.1 Å². The molecule has 5 heteroatoms. The Morgan fingerprint density at radius 2 is 1.55 bits per heavy atom. The van der Waals surface area contributed by atoms with Gasteiger partial charge in [-0.3, -0.25) is 0 Å². The summed E-state index contributed by atoms with van der Waals surface area (Å²) in [6.07, 6.45) is 0. The maximum Gasteiger partial charge on any atom is 0.323 e. The van der Waals surface area contributed by atoms with Crippen molar-refractivity contribution in [2.75, 3.05) is 10.6 Å². The first-order chi connectivity index (χ1) is 10.6. The Bertz CT molecular complexity index is 832. The van der Waals surface area contributed by atoms with Crippen LogP contribution in [0.1, 0.15) is 0 Å². The molecule has 2 amide bonds. The average Bonchev–Trinajstić information content (AvgIpc) is 2.51. The van der Waals surface area contributed by atoms with Crippen LogP contribution in [0.2, 0.25) is 0 Å². The molecule has 0 radical (unpaired) electrons. The first kappa shape index (κ1) is 14.4. The summed E-state index contributed by atoms with van der Waals surface area (Å²) < 4.78 is 0.947. The predicted molar refractivity (Wildman–Crippen MR) is 92.4 cm³/mol. The average molecular weight is 357 g/mol. The number of urea groups is 1. The summed E-state index contributed by atoms with van der Waals surface area (Å²) in [7, 11) is 0. The van der Waals surface area contributed by atoms with Crippen molar-refractivity contribution in [1.82, 2.24) is 0 Å². The Morgan fingerprint density at radius 3 is 2.32 bits per heavy atom. The van der Waals surface area contributed by atoms with Gasteiger partial charge in [0.15, 0.2) is 0 Å². The van der Waals surface area contributed by atoms with Crippen LogP contribution in [-0.2, 0) is 0 Å². The van der Waals surface area contributed by atoms with E-state index in [0.29, 0.717) is 16.8 Å². The van der Waals surface area contributed by atoms with E-state index in [1.807, 2.05) is 24.3 Å². The number of hydrogen-bond acceptors (Lipinski definition) is 2. The largest absolute Gasteiger partial charge is 0.507 e. The topological polar surface area (TPSA) is 61.4 Å². The van der Waals surface area contributed by atoms with Crippen molar-refractivity contribution in [1.29, 1.82) is 0 Å². The Hall–Kier alpha value is -2.53. The molecule has 0 heterocycles. The smallest absolute Gasteiger partial charge is 0.323 e. The number of phenols is 1. The van der Waals surface area contributed by atoms with E-state index < -0.39 is 0 Å². The first-order valence-corrected chi connectivity index (χ1v) is 7.47. The van der Waals surface area contributed by atoms with Crippen LogP contribution < -0.4 is 10.6 Å². The number of anilines is 2. The summed E-state index contributed by atoms with van der Waals surface area (Å²) in [4.78, 5) is 12.1. The van der Waals surface area contributed by atoms with Crippen LogP contribution in [0.5, 0.6) is 5.75 Å². The van der Waals surface area contributed by atoms with Crippen molar-refractivity contribution in [3.8, 4) is 5.75 Å². The summed E-state index contributed by atoms with van der Waals surface area (Å²) in [5.41, 5.74) is 1.34. The van der Waals surface area contributed by atoms with Gasteiger partial charge in [0.25, 0.3) is 0 Å². The molecule has 0 aliphatic rings. The van der Waals surface area contributed by atoms with E-state index in [1.54, 1.807) is 36.4 Å². The molecule has 0 unspecified atom stereocenters. The van der Waals surface area contributed by atoms with Crippen LogP contribution in [0.15, 0.2) is 65.1 Å². The van der Waals surface area contributed by atoms with E-state index in [1.165, 1.54) is 0 Å². The Balaban J connectivity index is 1.82. The van der Waals surface area contributed by atoms with Crippen LogP contribution in [0.4, 0.5) is 16.2 Å². The molecule has 0 aliphatic carbocycles. The SMILES string of the molecule is O=C(Nc1ccc(Br)cc1)Nc1cccc2c(O)cccc12. The van der Waals surface area contributed by atoms with Crippen molar-refractivity contribution < 1.29 is 9.90 Å². The van der Waals surface area contributed by atoms with Gasteiger partial charge in [0.05, 0.1) is 5.69 Å². The number of fused-ring (bicyclic) bond motifs is 1. The lowest BCUT2D eigenvalue weighted by molar-refractivity contribution is 0.262. The fraction of sp³-hybridized carbons (Fsp3) is 0. The van der Waals surface area contributed by atoms with Crippen molar-refractivity contribution in [2.24, 2.45) is 0 Å². The molecule has 3 rings (SSSR count). The Labute approximate surface area is 135 Å². The van der Waals surface area contributed by atoms with Crippen molar-refractivity contribution in [2.45, 2.75) is 0 Å². The number of benzene rings is 3. The van der Waals surface area contributed by atoms with Crippen LogP contribution in [-0.4, -0.2) is 11.1 Å². The normalized spacial score (nSPS) is 10.4. The highest BCUT2D eigenvalue weighted by molar-refractivity contribution is 9.10. The standard InChI is InChI=1S/C17H13BrN2O2/c18-11-7-9-12(10-8-11)19-17(22)20-15-5-1-4-14-13(15)3-2-6-16(14)21/h1-10,21H,(H2,19,20,22). The van der Waals surface area contributed by atoms with E-state index in [0.717, 1.165) is 9.86 Å². The number of aromatic hydroxyl groups is 1. The molecule has 110 valence electrons. The van der Waals surface area contributed by atoms with Crippen LogP contribution in [0.3, 0.4) is 0 Å². The number of halogens is 1. The zero-order valence-corrected chi connectivity index (χ0v) is 13.1. The fourth-order valence-electron chi connectivity index (χ4n) is 2.22. The van der Waals surface area contributed by atoms with Crippen LogP contribution >= 0.6 is 15.9 Å². The minimum Gasteiger partial charge on any atom is -0.507 e. The second-order valence-corrected chi connectivity index (χ2v) is 5.68. The molecule has 3 aromatic rings. The molecule has 0 saturated heterocycles. The summed E-state index contributed by atoms with van der Waals surface area (Å²) in [5.74, 6) is 0.189. The lowest BCUT2D eigenvalue weighted by Crippen LogP contribution is -2.19. The summed E-state index contributed by atoms with van der Waals surface area (Å²) >= 11 is 3.35. The number of amides is 2. The van der Waals surface area contributed by atoms with E-state index in [4.69, 9.17) is 0 Å². The van der Waals surface area contributed by atoms with E-state index in [2.05, 4.69) is 26.6 Å². The number of carbonyl (C=O) groups excluding carboxylic acids is 1. The molecular weight excluding hydrogens is 344 g/mol. The molecule has 0 aliphatic heterocycles. The molecule has 22 heavy (non-hydrogen) atoms. The van der Waals surface area contributed by atoms with Gasteiger partial charge in [-0.2, -0.15) is 0 Å². The highest BCUT2D eigenvalue weighted by Gasteiger charge is 2.07. The van der Waals surface area contributed by atoms with Gasteiger partial charge in [-0.1, -0.05) is 40.2 Å². The van der Waals surface area contributed by atoms with Crippen LogP contribution in [0, 0.1) is 0 Å². The van der Waals surface area contributed by atoms with Crippen LogP contribution in [0.25, 0.3) is 10.8 Å². The second kappa shape index (κ2) is 6.07. The number of rotatable bonds is 2. The molecule has 0 atom stereocenters. The van der Waals surface area contributed by atoms with Gasteiger partial charge in [-0.15, -0.1) is 0 Å². The molecular formula is C17H13BrN2O2. The quantitative estimate of drug-likeness (QED) is 0.608. The molecule has 3 aromatic carbocycles. The molecule has 0 saturated carbocycles. The van der Waals surface area contributed by atoms with Crippen molar-refractivity contribution in [3.05, 3.63) is 65.1 Å². The molecule has 0 fully saturated rings. The van der Waals surface area contributed by atoms with Gasteiger partial charge in [0, 0.05) is 20.9 Å². The third-order valence-electron chi connectivity index (χ3n) is 3.25. The Kier molecular flexibility index (Phi) is 3.98. The lowest BCUT2D eigenvalue weighted by atomic mass is 10.1. The van der Waals surface area contributed by atoms with Gasteiger partial charge < -0.3 is 15.7 Å². The lowest BCUT2D eigenvalue weighted by Gasteiger charge is -2.11. The molecule has 0 bridgehead atoms. The van der Waals surface area contributed by atoms with E-state index >= 15 is 0 Å².